The Balaban J connectivity index is 1.24. The minimum Gasteiger partial charge on any atom is -0.493 e. The fraction of sp³-hybridized carbons (Fsp3) is 0.321. The molecule has 0 radical (unpaired) electrons. The molecule has 2 N–H and O–H groups in total. The van der Waals surface area contributed by atoms with Crippen molar-refractivity contribution in [1.82, 2.24) is 20.6 Å². The molecule has 0 spiro atoms. The van der Waals surface area contributed by atoms with Gasteiger partial charge in [0.15, 0.2) is 11.5 Å². The summed E-state index contributed by atoms with van der Waals surface area (Å²) in [4.78, 5) is 20.4. The van der Waals surface area contributed by atoms with Crippen molar-refractivity contribution < 1.29 is 14.3 Å². The van der Waals surface area contributed by atoms with Gasteiger partial charge in [-0.2, -0.15) is 0 Å². The number of aromatic nitrogens is 2. The maximum absolute atomic E-state index is 12.0. The van der Waals surface area contributed by atoms with Gasteiger partial charge in [-0.1, -0.05) is 42.5 Å². The number of hydrogen-bond donors (Lipinski definition) is 2. The molecule has 0 aliphatic heterocycles. The number of amides is 1. The topological polar surface area (TPSA) is 85.4 Å². The monoisotopic (exact) mass is 474 g/mol. The van der Waals surface area contributed by atoms with Crippen LogP contribution in [-0.2, 0) is 11.2 Å². The van der Waals surface area contributed by atoms with E-state index in [1.54, 1.807) is 32.8 Å². The highest BCUT2D eigenvalue weighted by atomic mass is 16.5. The smallest absolute Gasteiger partial charge is 0.223 e. The zero-order chi connectivity index (χ0) is 24.7. The van der Waals surface area contributed by atoms with Crippen LogP contribution in [0, 0.1) is 0 Å². The van der Waals surface area contributed by atoms with Gasteiger partial charge < -0.3 is 20.1 Å². The van der Waals surface area contributed by atoms with Crippen LogP contribution < -0.4 is 20.1 Å². The van der Waals surface area contributed by atoms with Gasteiger partial charge in [-0.3, -0.25) is 14.8 Å². The molecule has 3 rings (SSSR count). The van der Waals surface area contributed by atoms with Crippen LogP contribution in [0.5, 0.6) is 11.5 Å². The van der Waals surface area contributed by atoms with E-state index in [1.807, 2.05) is 48.6 Å². The Bertz CT molecular complexity index is 1070. The summed E-state index contributed by atoms with van der Waals surface area (Å²) in [5, 5.41) is 6.40. The zero-order valence-corrected chi connectivity index (χ0v) is 20.5. The fourth-order valence-corrected chi connectivity index (χ4v) is 3.61. The van der Waals surface area contributed by atoms with Gasteiger partial charge in [-0.15, -0.1) is 0 Å². The van der Waals surface area contributed by atoms with E-state index in [-0.39, 0.29) is 5.91 Å². The lowest BCUT2D eigenvalue weighted by molar-refractivity contribution is -0.120. The van der Waals surface area contributed by atoms with E-state index in [2.05, 4.69) is 26.7 Å². The summed E-state index contributed by atoms with van der Waals surface area (Å²) in [5.74, 6) is 1.55. The number of methoxy groups -OCH3 is 2. The van der Waals surface area contributed by atoms with Gasteiger partial charge in [0.05, 0.1) is 26.1 Å². The molecule has 0 saturated heterocycles. The normalized spacial score (nSPS) is 10.9. The Morgan fingerprint density at radius 3 is 2.49 bits per heavy atom. The minimum atomic E-state index is 0.0332. The van der Waals surface area contributed by atoms with Crippen molar-refractivity contribution in [3.8, 4) is 22.8 Å². The molecule has 0 atom stereocenters. The van der Waals surface area contributed by atoms with Crippen LogP contribution in [0.15, 0.2) is 67.1 Å². The first-order chi connectivity index (χ1) is 17.2. The number of nitrogens with one attached hydrogen (secondary N) is 2. The minimum absolute atomic E-state index is 0.0332. The SMILES string of the molecule is COc1ccc(CCCNCCCNC(=O)C/C=C/c2ccc(-c3cnccn3)cc2)cc1OC. The van der Waals surface area contributed by atoms with Gasteiger partial charge in [0.25, 0.3) is 0 Å². The van der Waals surface area contributed by atoms with E-state index >= 15 is 0 Å². The average Bonchev–Trinajstić information content (AvgIpc) is 2.91. The summed E-state index contributed by atoms with van der Waals surface area (Å²) in [6.07, 6.45) is 12.2. The van der Waals surface area contributed by atoms with Crippen molar-refractivity contribution in [1.29, 1.82) is 0 Å². The summed E-state index contributed by atoms with van der Waals surface area (Å²) < 4.78 is 10.6. The van der Waals surface area contributed by atoms with Gasteiger partial charge >= 0.3 is 0 Å². The highest BCUT2D eigenvalue weighted by molar-refractivity contribution is 5.78. The molecule has 35 heavy (non-hydrogen) atoms. The average molecular weight is 475 g/mol. The summed E-state index contributed by atoms with van der Waals surface area (Å²) in [7, 11) is 3.29. The number of nitrogens with zero attached hydrogens (tertiary/aromatic N) is 2. The van der Waals surface area contributed by atoms with Crippen LogP contribution in [-0.4, -0.2) is 49.7 Å². The molecule has 0 aliphatic carbocycles. The predicted octanol–water partition coefficient (Wildman–Crippen LogP) is 4.29. The molecule has 1 aromatic heterocycles. The predicted molar refractivity (Wildman–Crippen MR) is 139 cm³/mol. The maximum Gasteiger partial charge on any atom is 0.223 e. The zero-order valence-electron chi connectivity index (χ0n) is 20.5. The number of hydrogen-bond acceptors (Lipinski definition) is 6. The largest absolute Gasteiger partial charge is 0.493 e. The first-order valence-corrected chi connectivity index (χ1v) is 11.9. The lowest BCUT2D eigenvalue weighted by atomic mass is 10.1. The first kappa shape index (κ1) is 25.9. The standard InChI is InChI=1S/C28H34N4O3/c1-34-26-14-11-23(20-27(26)35-2)7-4-15-29-16-5-17-32-28(33)8-3-6-22-9-12-24(13-10-22)25-21-30-18-19-31-25/h3,6,9-14,18-21,29H,4-5,7-8,15-17H2,1-2H3,(H,32,33)/b6-3+. The number of carbonyl (C=O) groups excluding carboxylic acids is 1. The van der Waals surface area contributed by atoms with Crippen molar-refractivity contribution in [2.75, 3.05) is 33.9 Å². The Labute approximate surface area is 207 Å². The van der Waals surface area contributed by atoms with Gasteiger partial charge in [-0.25, -0.2) is 0 Å². The Kier molecular flexibility index (Phi) is 10.8. The highest BCUT2D eigenvalue weighted by Gasteiger charge is 2.04. The quantitative estimate of drug-likeness (QED) is 0.339. The molecule has 0 unspecified atom stereocenters. The van der Waals surface area contributed by atoms with Crippen LogP contribution in [0.2, 0.25) is 0 Å². The summed E-state index contributed by atoms with van der Waals surface area (Å²) in [5.41, 5.74) is 4.13. The highest BCUT2D eigenvalue weighted by Crippen LogP contribution is 2.27. The van der Waals surface area contributed by atoms with E-state index in [1.165, 1.54) is 5.56 Å². The number of rotatable bonds is 14. The summed E-state index contributed by atoms with van der Waals surface area (Å²) in [6.45, 7) is 2.48. The van der Waals surface area contributed by atoms with Crippen LogP contribution in [0.1, 0.15) is 30.4 Å². The third kappa shape index (κ3) is 8.87. The third-order valence-electron chi connectivity index (χ3n) is 5.50. The molecule has 7 heteroatoms. The lowest BCUT2D eigenvalue weighted by Crippen LogP contribution is -2.27. The number of carbonyl (C=O) groups is 1. The molecule has 1 heterocycles. The number of ether oxygens (including phenoxy) is 2. The molecule has 0 fully saturated rings. The molecule has 0 aliphatic rings. The first-order valence-electron chi connectivity index (χ1n) is 11.9. The van der Waals surface area contributed by atoms with Crippen LogP contribution >= 0.6 is 0 Å². The molecular weight excluding hydrogens is 440 g/mol. The number of aryl methyl sites for hydroxylation is 1. The van der Waals surface area contributed by atoms with E-state index in [9.17, 15) is 4.79 Å². The van der Waals surface area contributed by atoms with Crippen molar-refractivity contribution in [3.05, 3.63) is 78.3 Å². The van der Waals surface area contributed by atoms with E-state index < -0.39 is 0 Å². The van der Waals surface area contributed by atoms with Crippen LogP contribution in [0.3, 0.4) is 0 Å². The van der Waals surface area contributed by atoms with Crippen molar-refractivity contribution in [3.63, 3.8) is 0 Å². The van der Waals surface area contributed by atoms with Crippen molar-refractivity contribution in [2.45, 2.75) is 25.7 Å². The molecule has 184 valence electrons. The van der Waals surface area contributed by atoms with Gasteiger partial charge in [0.2, 0.25) is 5.91 Å². The van der Waals surface area contributed by atoms with E-state index in [0.717, 1.165) is 60.7 Å². The number of benzene rings is 2. The second-order valence-electron chi connectivity index (χ2n) is 8.07. The molecule has 2 aromatic carbocycles. The molecule has 7 nitrogen and oxygen atoms in total. The van der Waals surface area contributed by atoms with Crippen LogP contribution in [0.25, 0.3) is 17.3 Å². The van der Waals surface area contributed by atoms with Crippen molar-refractivity contribution in [2.24, 2.45) is 0 Å². The maximum atomic E-state index is 12.0. The van der Waals surface area contributed by atoms with Gasteiger partial charge in [0.1, 0.15) is 0 Å². The lowest BCUT2D eigenvalue weighted by Gasteiger charge is -2.10. The van der Waals surface area contributed by atoms with Crippen molar-refractivity contribution >= 4 is 12.0 Å². The Hall–Kier alpha value is -3.71. The molecule has 1 amide bonds. The third-order valence-corrected chi connectivity index (χ3v) is 5.50. The molecular formula is C28H34N4O3. The van der Waals surface area contributed by atoms with E-state index in [4.69, 9.17) is 9.47 Å². The van der Waals surface area contributed by atoms with E-state index in [0.29, 0.717) is 13.0 Å². The molecule has 3 aromatic rings. The Morgan fingerprint density at radius 1 is 0.943 bits per heavy atom. The second kappa shape index (κ2) is 14.5. The van der Waals surface area contributed by atoms with Crippen LogP contribution in [0.4, 0.5) is 0 Å². The molecule has 0 bridgehead atoms. The van der Waals surface area contributed by atoms with Gasteiger partial charge in [0, 0.05) is 30.9 Å². The van der Waals surface area contributed by atoms with Gasteiger partial charge in [-0.05, 0) is 55.6 Å². The summed E-state index contributed by atoms with van der Waals surface area (Å²) >= 11 is 0. The Morgan fingerprint density at radius 2 is 1.74 bits per heavy atom. The molecule has 0 saturated carbocycles. The second-order valence-corrected chi connectivity index (χ2v) is 8.07. The fourth-order valence-electron chi connectivity index (χ4n) is 3.61. The summed E-state index contributed by atoms with van der Waals surface area (Å²) in [6, 6.07) is 14.1.